The molecule has 0 radical (unpaired) electrons. The van der Waals surface area contributed by atoms with Crippen LogP contribution in [-0.4, -0.2) is 10.9 Å². The number of halogens is 1. The first-order chi connectivity index (χ1) is 6.22. The Morgan fingerprint density at radius 1 is 1.62 bits per heavy atom. The summed E-state index contributed by atoms with van der Waals surface area (Å²) in [6.07, 6.45) is 0.487. The predicted molar refractivity (Wildman–Crippen MR) is 51.4 cm³/mol. The van der Waals surface area contributed by atoms with E-state index in [-0.39, 0.29) is 5.91 Å². The minimum atomic E-state index is 0.0155. The third-order valence-corrected chi connectivity index (χ3v) is 1.77. The Labute approximate surface area is 82.1 Å². The lowest BCUT2D eigenvalue weighted by molar-refractivity contribution is -0.120. The molecule has 0 aromatic carbocycles. The van der Waals surface area contributed by atoms with Crippen molar-refractivity contribution >= 4 is 17.5 Å². The number of nitrogens with one attached hydrogen (secondary N) is 1. The average molecular weight is 199 g/mol. The van der Waals surface area contributed by atoms with Crippen LogP contribution >= 0.6 is 11.6 Å². The van der Waals surface area contributed by atoms with Gasteiger partial charge >= 0.3 is 0 Å². The fourth-order valence-corrected chi connectivity index (χ4v) is 1.04. The molecule has 13 heavy (non-hydrogen) atoms. The van der Waals surface area contributed by atoms with Gasteiger partial charge in [-0.25, -0.2) is 4.98 Å². The normalized spacial score (nSPS) is 9.69. The molecule has 1 aromatic heterocycles. The molecule has 0 bridgehead atoms. The number of nitrogens with zero attached hydrogens (tertiary/aromatic N) is 1. The van der Waals surface area contributed by atoms with Crippen molar-refractivity contribution in [3.05, 3.63) is 29.0 Å². The van der Waals surface area contributed by atoms with Crippen molar-refractivity contribution in [2.45, 2.75) is 19.9 Å². The highest BCUT2D eigenvalue weighted by Crippen LogP contribution is 2.04. The van der Waals surface area contributed by atoms with E-state index in [4.69, 9.17) is 11.6 Å². The third kappa shape index (κ3) is 3.42. The molecule has 1 aromatic rings. The lowest BCUT2D eigenvalue weighted by Gasteiger charge is -2.02. The number of rotatable bonds is 3. The first-order valence-corrected chi connectivity index (χ1v) is 4.48. The second-order valence-corrected chi connectivity index (χ2v) is 2.97. The summed E-state index contributed by atoms with van der Waals surface area (Å²) in [4.78, 5) is 14.9. The van der Waals surface area contributed by atoms with E-state index in [1.165, 1.54) is 0 Å². The number of amides is 1. The maximum absolute atomic E-state index is 10.9. The zero-order chi connectivity index (χ0) is 9.68. The van der Waals surface area contributed by atoms with Crippen molar-refractivity contribution in [2.24, 2.45) is 0 Å². The maximum Gasteiger partial charge on any atom is 0.220 e. The van der Waals surface area contributed by atoms with Gasteiger partial charge in [0.15, 0.2) is 0 Å². The Morgan fingerprint density at radius 3 is 3.00 bits per heavy atom. The van der Waals surface area contributed by atoms with E-state index >= 15 is 0 Å². The van der Waals surface area contributed by atoms with Crippen LogP contribution in [0.5, 0.6) is 0 Å². The highest BCUT2D eigenvalue weighted by molar-refractivity contribution is 6.29. The molecule has 0 spiro atoms. The van der Waals surface area contributed by atoms with Gasteiger partial charge in [0, 0.05) is 6.42 Å². The van der Waals surface area contributed by atoms with Gasteiger partial charge in [0.05, 0.1) is 12.2 Å². The molecule has 0 saturated heterocycles. The molecule has 0 aliphatic rings. The van der Waals surface area contributed by atoms with E-state index in [0.717, 1.165) is 5.69 Å². The molecule has 1 heterocycles. The van der Waals surface area contributed by atoms with Crippen molar-refractivity contribution in [3.8, 4) is 0 Å². The van der Waals surface area contributed by atoms with Gasteiger partial charge < -0.3 is 5.32 Å². The Bertz CT molecular complexity index is 301. The van der Waals surface area contributed by atoms with Gasteiger partial charge in [-0.3, -0.25) is 4.79 Å². The first-order valence-electron chi connectivity index (χ1n) is 4.10. The van der Waals surface area contributed by atoms with Crippen LogP contribution in [0.15, 0.2) is 18.2 Å². The van der Waals surface area contributed by atoms with E-state index in [2.05, 4.69) is 10.3 Å². The topological polar surface area (TPSA) is 42.0 Å². The maximum atomic E-state index is 10.9. The van der Waals surface area contributed by atoms with E-state index in [0.29, 0.717) is 18.1 Å². The van der Waals surface area contributed by atoms with Crippen LogP contribution in [0.2, 0.25) is 5.15 Å². The fraction of sp³-hybridized carbons (Fsp3) is 0.333. The molecular formula is C9H11ClN2O. The molecule has 3 nitrogen and oxygen atoms in total. The summed E-state index contributed by atoms with van der Waals surface area (Å²) >= 11 is 5.67. The quantitative estimate of drug-likeness (QED) is 0.753. The Hall–Kier alpha value is -1.09. The fourth-order valence-electron chi connectivity index (χ4n) is 0.863. The van der Waals surface area contributed by atoms with Crippen LogP contribution in [-0.2, 0) is 11.3 Å². The van der Waals surface area contributed by atoms with Gasteiger partial charge in [-0.15, -0.1) is 0 Å². The Balaban J connectivity index is 2.50. The van der Waals surface area contributed by atoms with E-state index in [1.54, 1.807) is 13.0 Å². The second-order valence-electron chi connectivity index (χ2n) is 2.58. The van der Waals surface area contributed by atoms with Crippen LogP contribution in [0.4, 0.5) is 0 Å². The molecule has 0 saturated carbocycles. The highest BCUT2D eigenvalue weighted by Gasteiger charge is 1.98. The second kappa shape index (κ2) is 4.82. The Morgan fingerprint density at radius 2 is 2.38 bits per heavy atom. The number of carbonyl (C=O) groups is 1. The van der Waals surface area contributed by atoms with Crippen LogP contribution in [0.3, 0.4) is 0 Å². The van der Waals surface area contributed by atoms with Gasteiger partial charge in [0.1, 0.15) is 5.15 Å². The largest absolute Gasteiger partial charge is 0.350 e. The van der Waals surface area contributed by atoms with Gasteiger partial charge in [-0.1, -0.05) is 24.6 Å². The van der Waals surface area contributed by atoms with Crippen molar-refractivity contribution in [1.29, 1.82) is 0 Å². The van der Waals surface area contributed by atoms with Crippen molar-refractivity contribution in [3.63, 3.8) is 0 Å². The number of carbonyl (C=O) groups excluding carboxylic acids is 1. The summed E-state index contributed by atoms with van der Waals surface area (Å²) in [6.45, 7) is 2.24. The van der Waals surface area contributed by atoms with Crippen LogP contribution in [0, 0.1) is 0 Å². The average Bonchev–Trinajstić information content (AvgIpc) is 2.14. The first kappa shape index (κ1) is 9.99. The van der Waals surface area contributed by atoms with Crippen molar-refractivity contribution in [2.75, 3.05) is 0 Å². The number of aromatic nitrogens is 1. The van der Waals surface area contributed by atoms with Gasteiger partial charge in [0.25, 0.3) is 0 Å². The van der Waals surface area contributed by atoms with E-state index in [1.807, 2.05) is 12.1 Å². The highest BCUT2D eigenvalue weighted by atomic mass is 35.5. The molecule has 0 fully saturated rings. The number of hydrogen-bond donors (Lipinski definition) is 1. The van der Waals surface area contributed by atoms with Gasteiger partial charge in [-0.05, 0) is 12.1 Å². The molecule has 70 valence electrons. The molecule has 1 N–H and O–H groups in total. The predicted octanol–water partition coefficient (Wildman–Crippen LogP) is 1.76. The zero-order valence-corrected chi connectivity index (χ0v) is 8.14. The molecule has 4 heteroatoms. The molecule has 0 aliphatic carbocycles. The van der Waals surface area contributed by atoms with E-state index < -0.39 is 0 Å². The minimum Gasteiger partial charge on any atom is -0.350 e. The van der Waals surface area contributed by atoms with Gasteiger partial charge in [-0.2, -0.15) is 0 Å². The molecule has 0 unspecified atom stereocenters. The summed E-state index contributed by atoms with van der Waals surface area (Å²) in [6, 6.07) is 5.33. The van der Waals surface area contributed by atoms with Crippen molar-refractivity contribution in [1.82, 2.24) is 10.3 Å². The lowest BCUT2D eigenvalue weighted by Crippen LogP contribution is -2.21. The third-order valence-electron chi connectivity index (χ3n) is 1.56. The summed E-state index contributed by atoms with van der Waals surface area (Å²) < 4.78 is 0. The van der Waals surface area contributed by atoms with Crippen LogP contribution < -0.4 is 5.32 Å². The van der Waals surface area contributed by atoms with Crippen molar-refractivity contribution < 1.29 is 4.79 Å². The summed E-state index contributed by atoms with van der Waals surface area (Å²) in [5, 5.41) is 3.16. The summed E-state index contributed by atoms with van der Waals surface area (Å²) in [7, 11) is 0. The monoisotopic (exact) mass is 198 g/mol. The minimum absolute atomic E-state index is 0.0155. The lowest BCUT2D eigenvalue weighted by atomic mass is 10.3. The Kier molecular flexibility index (Phi) is 3.71. The summed E-state index contributed by atoms with van der Waals surface area (Å²) in [5.41, 5.74) is 0.773. The number of hydrogen-bond acceptors (Lipinski definition) is 2. The van der Waals surface area contributed by atoms with Crippen LogP contribution in [0.25, 0.3) is 0 Å². The molecule has 0 atom stereocenters. The molecular weight excluding hydrogens is 188 g/mol. The molecule has 0 aliphatic heterocycles. The number of pyridine rings is 1. The zero-order valence-electron chi connectivity index (χ0n) is 7.38. The molecule has 1 amide bonds. The van der Waals surface area contributed by atoms with Gasteiger partial charge in [0.2, 0.25) is 5.91 Å². The SMILES string of the molecule is CCC(=O)NCc1cccc(Cl)n1. The smallest absolute Gasteiger partial charge is 0.220 e. The van der Waals surface area contributed by atoms with Crippen LogP contribution in [0.1, 0.15) is 19.0 Å². The standard InChI is InChI=1S/C9H11ClN2O/c1-2-9(13)11-6-7-4-3-5-8(10)12-7/h3-5H,2,6H2,1H3,(H,11,13). The molecule has 1 rings (SSSR count). The summed E-state index contributed by atoms with van der Waals surface area (Å²) in [5.74, 6) is 0.0155. The van der Waals surface area contributed by atoms with E-state index in [9.17, 15) is 4.79 Å².